The molecule has 0 unspecified atom stereocenters. The topological polar surface area (TPSA) is 63.3 Å². The smallest absolute Gasteiger partial charge is 0.509 e. The first-order valence-corrected chi connectivity index (χ1v) is 15.1. The Morgan fingerprint density at radius 3 is 2.30 bits per heavy atom. The van der Waals surface area contributed by atoms with Gasteiger partial charge in [-0.2, -0.15) is 16.7 Å². The summed E-state index contributed by atoms with van der Waals surface area (Å²) in [5.74, 6) is 3.50. The molecule has 0 spiro atoms. The minimum atomic E-state index is 0. The number of pyridine rings is 1. The van der Waals surface area contributed by atoms with Crippen LogP contribution in [0.5, 0.6) is 23.0 Å². The third-order valence-electron chi connectivity index (χ3n) is 7.59. The van der Waals surface area contributed by atoms with Crippen molar-refractivity contribution in [2.45, 2.75) is 27.7 Å². The zero-order valence-corrected chi connectivity index (χ0v) is 28.3. The summed E-state index contributed by atoms with van der Waals surface area (Å²) in [5.41, 5.74) is 6.62. The molecule has 0 amide bonds. The zero-order chi connectivity index (χ0) is 30.9. The van der Waals surface area contributed by atoms with E-state index < -0.39 is 0 Å². The molecule has 0 radical (unpaired) electrons. The van der Waals surface area contributed by atoms with E-state index in [1.807, 2.05) is 87.9 Å². The molecular formula is C38H32N4O3Pt. The van der Waals surface area contributed by atoms with Crippen LogP contribution in [0.15, 0.2) is 97.5 Å². The normalized spacial score (nSPS) is 11.0. The number of ether oxygens (including phenoxy) is 3. The Hall–Kier alpha value is -4.87. The largest absolute Gasteiger partial charge is 2.00 e. The average Bonchev–Trinajstić information content (AvgIpc) is 3.64. The molecule has 0 fully saturated rings. The number of benzene rings is 4. The van der Waals surface area contributed by atoms with Crippen LogP contribution in [0.2, 0.25) is 0 Å². The number of hydrogen-bond acceptors (Lipinski definition) is 5. The molecule has 4 aromatic carbocycles. The zero-order valence-electron chi connectivity index (χ0n) is 26.0. The van der Waals surface area contributed by atoms with Crippen molar-refractivity contribution >= 4 is 21.8 Å². The first-order chi connectivity index (χ1) is 22.0. The molecule has 8 heteroatoms. The summed E-state index contributed by atoms with van der Waals surface area (Å²) in [7, 11) is 0. The third-order valence-corrected chi connectivity index (χ3v) is 7.59. The minimum Gasteiger partial charge on any atom is -0.509 e. The Morgan fingerprint density at radius 1 is 0.761 bits per heavy atom. The van der Waals surface area contributed by atoms with Crippen molar-refractivity contribution in [2.75, 3.05) is 13.2 Å². The predicted octanol–water partition coefficient (Wildman–Crippen LogP) is 8.84. The van der Waals surface area contributed by atoms with Gasteiger partial charge in [-0.3, -0.25) is 4.68 Å². The van der Waals surface area contributed by atoms with Crippen molar-refractivity contribution in [1.82, 2.24) is 19.3 Å². The fourth-order valence-electron chi connectivity index (χ4n) is 5.70. The molecule has 0 N–H and O–H groups in total. The Bertz CT molecular complexity index is 2140. The van der Waals surface area contributed by atoms with Crippen molar-refractivity contribution in [3.8, 4) is 45.6 Å². The fourth-order valence-corrected chi connectivity index (χ4v) is 5.70. The van der Waals surface area contributed by atoms with E-state index in [4.69, 9.17) is 14.2 Å². The molecule has 0 bridgehead atoms. The second-order valence-corrected chi connectivity index (χ2v) is 10.8. The summed E-state index contributed by atoms with van der Waals surface area (Å²) in [4.78, 5) is 4.68. The summed E-state index contributed by atoms with van der Waals surface area (Å²) in [6.07, 6.45) is 5.61. The maximum absolute atomic E-state index is 6.41. The van der Waals surface area contributed by atoms with Crippen molar-refractivity contribution in [2.24, 2.45) is 0 Å². The van der Waals surface area contributed by atoms with Crippen LogP contribution in [0.1, 0.15) is 25.0 Å². The Morgan fingerprint density at radius 2 is 1.54 bits per heavy atom. The van der Waals surface area contributed by atoms with Crippen LogP contribution in [0.4, 0.5) is 0 Å². The summed E-state index contributed by atoms with van der Waals surface area (Å²) in [5, 5.41) is 6.89. The van der Waals surface area contributed by atoms with Gasteiger partial charge in [0.2, 0.25) is 0 Å². The third kappa shape index (κ3) is 5.91. The molecule has 3 aromatic heterocycles. The quantitative estimate of drug-likeness (QED) is 0.137. The molecule has 7 aromatic rings. The van der Waals surface area contributed by atoms with E-state index in [1.54, 1.807) is 4.68 Å². The Balaban J connectivity index is 0.00000372. The van der Waals surface area contributed by atoms with Crippen LogP contribution in [-0.4, -0.2) is 32.5 Å². The Labute approximate surface area is 282 Å². The molecule has 46 heavy (non-hydrogen) atoms. The maximum Gasteiger partial charge on any atom is 2.00 e. The molecule has 0 atom stereocenters. The molecule has 0 saturated carbocycles. The second-order valence-electron chi connectivity index (χ2n) is 10.8. The van der Waals surface area contributed by atoms with Gasteiger partial charge in [-0.15, -0.1) is 35.7 Å². The maximum atomic E-state index is 6.41. The minimum absolute atomic E-state index is 0. The van der Waals surface area contributed by atoms with E-state index in [0.717, 1.165) is 67.1 Å². The van der Waals surface area contributed by atoms with Crippen LogP contribution >= 0.6 is 0 Å². The van der Waals surface area contributed by atoms with Crippen molar-refractivity contribution in [3.63, 3.8) is 0 Å². The van der Waals surface area contributed by atoms with E-state index in [0.29, 0.717) is 24.7 Å². The first-order valence-electron chi connectivity index (χ1n) is 15.1. The van der Waals surface area contributed by atoms with Gasteiger partial charge in [-0.05, 0) is 67.7 Å². The van der Waals surface area contributed by atoms with Crippen LogP contribution < -0.4 is 14.2 Å². The van der Waals surface area contributed by atoms with E-state index in [9.17, 15) is 0 Å². The molecule has 232 valence electrons. The van der Waals surface area contributed by atoms with Crippen LogP contribution in [0.3, 0.4) is 0 Å². The number of aryl methyl sites for hydroxylation is 2. The van der Waals surface area contributed by atoms with Crippen molar-refractivity contribution in [1.29, 1.82) is 0 Å². The molecule has 3 heterocycles. The van der Waals surface area contributed by atoms with Crippen LogP contribution in [0, 0.1) is 26.0 Å². The summed E-state index contributed by atoms with van der Waals surface area (Å²) < 4.78 is 22.2. The summed E-state index contributed by atoms with van der Waals surface area (Å²) in [6.45, 7) is 9.14. The van der Waals surface area contributed by atoms with Gasteiger partial charge in [-0.25, -0.2) is 4.98 Å². The molecular weight excluding hydrogens is 756 g/mol. The number of rotatable bonds is 9. The van der Waals surface area contributed by atoms with Gasteiger partial charge < -0.3 is 18.8 Å². The van der Waals surface area contributed by atoms with E-state index >= 15 is 0 Å². The van der Waals surface area contributed by atoms with Gasteiger partial charge in [0.25, 0.3) is 0 Å². The van der Waals surface area contributed by atoms with Gasteiger partial charge in [0.15, 0.2) is 0 Å². The van der Waals surface area contributed by atoms with Gasteiger partial charge in [0.05, 0.1) is 25.0 Å². The van der Waals surface area contributed by atoms with Crippen LogP contribution in [-0.2, 0) is 21.1 Å². The first kappa shape index (κ1) is 31.1. The molecule has 0 saturated heterocycles. The molecule has 0 aliphatic carbocycles. The van der Waals surface area contributed by atoms with Gasteiger partial charge in [-0.1, -0.05) is 36.7 Å². The van der Waals surface area contributed by atoms with Crippen LogP contribution in [0.25, 0.3) is 44.4 Å². The van der Waals surface area contributed by atoms with Crippen molar-refractivity contribution in [3.05, 3.63) is 121 Å². The second kappa shape index (κ2) is 13.2. The Kier molecular flexibility index (Phi) is 8.96. The monoisotopic (exact) mass is 787 g/mol. The molecule has 0 aliphatic rings. The predicted molar refractivity (Wildman–Crippen MR) is 177 cm³/mol. The number of aromatic nitrogens is 4. The van der Waals surface area contributed by atoms with Gasteiger partial charge in [0, 0.05) is 35.0 Å². The van der Waals surface area contributed by atoms with Gasteiger partial charge >= 0.3 is 21.1 Å². The summed E-state index contributed by atoms with van der Waals surface area (Å²) in [6, 6.07) is 33.2. The SMILES string of the molecule is CCOc1cccc(OCC)c1-c1cnn(-c2[c-]c(Oc3[c-]c4c(cc3)c3ccccc3n4-c3cc(C)ccn3)cc(C)c2)c1.[Pt+2]. The number of fused-ring (bicyclic) bond motifs is 3. The molecule has 7 rings (SSSR count). The number of nitrogens with zero attached hydrogens (tertiary/aromatic N) is 4. The van der Waals surface area contributed by atoms with E-state index in [2.05, 4.69) is 64.0 Å². The average molecular weight is 788 g/mol. The standard InChI is InChI=1S/C38H32N4O3.Pt/c1-5-43-35-12-9-13-36(44-6-2)38(35)27-23-40-41(24-27)28-18-26(4)19-30(21-28)45-29-14-15-32-31-10-7-8-11-33(31)42(34(32)22-29)37-20-25(3)16-17-39-37;/h7-20,23-24H,5-6H2,1-4H3;/q-2;+2. The summed E-state index contributed by atoms with van der Waals surface area (Å²) >= 11 is 0. The van der Waals surface area contributed by atoms with E-state index in [1.165, 1.54) is 0 Å². The number of hydrogen-bond donors (Lipinski definition) is 0. The van der Waals surface area contributed by atoms with Gasteiger partial charge in [0.1, 0.15) is 17.3 Å². The fraction of sp³-hybridized carbons (Fsp3) is 0.158. The van der Waals surface area contributed by atoms with E-state index in [-0.39, 0.29) is 21.1 Å². The van der Waals surface area contributed by atoms with Crippen molar-refractivity contribution < 1.29 is 35.3 Å². The number of para-hydroxylation sites is 1. The molecule has 0 aliphatic heterocycles. The molecule has 7 nitrogen and oxygen atoms in total.